The number of hydrogen-bond acceptors (Lipinski definition) is 5. The minimum absolute atomic E-state index is 0.684. The molecule has 0 bridgehead atoms. The highest BCUT2D eigenvalue weighted by Crippen LogP contribution is 2.23. The van der Waals surface area contributed by atoms with Crippen molar-refractivity contribution in [3.8, 4) is 17.2 Å². The molecule has 1 fully saturated rings. The zero-order valence-electron chi connectivity index (χ0n) is 16.5. The van der Waals surface area contributed by atoms with Crippen molar-refractivity contribution >= 4 is 11.0 Å². The SMILES string of the molecule is COc1ccc2ncn(Cc3ccc(-c4nc(CN5CCCC5)co4)cc3)c2c1. The van der Waals surface area contributed by atoms with Gasteiger partial charge >= 0.3 is 0 Å². The molecule has 4 aromatic rings. The number of oxazole rings is 1. The number of fused-ring (bicyclic) bond motifs is 1. The van der Waals surface area contributed by atoms with Gasteiger partial charge in [-0.25, -0.2) is 9.97 Å². The second-order valence-corrected chi connectivity index (χ2v) is 7.55. The fourth-order valence-electron chi connectivity index (χ4n) is 3.92. The molecular weight excluding hydrogens is 364 g/mol. The van der Waals surface area contributed by atoms with Crippen molar-refractivity contribution < 1.29 is 9.15 Å². The van der Waals surface area contributed by atoms with Crippen LogP contribution in [0.4, 0.5) is 0 Å². The van der Waals surface area contributed by atoms with Crippen LogP contribution in [0.1, 0.15) is 24.1 Å². The number of methoxy groups -OCH3 is 1. The third kappa shape index (κ3) is 3.76. The quantitative estimate of drug-likeness (QED) is 0.492. The Morgan fingerprint density at radius 2 is 1.86 bits per heavy atom. The molecule has 6 nitrogen and oxygen atoms in total. The number of aromatic nitrogens is 3. The summed E-state index contributed by atoms with van der Waals surface area (Å²) in [5.74, 6) is 1.52. The molecule has 0 aliphatic carbocycles. The Hall–Kier alpha value is -3.12. The Morgan fingerprint density at radius 1 is 1.03 bits per heavy atom. The van der Waals surface area contributed by atoms with Gasteiger partial charge in [0.25, 0.3) is 0 Å². The summed E-state index contributed by atoms with van der Waals surface area (Å²) in [4.78, 5) is 11.6. The minimum atomic E-state index is 0.684. The maximum Gasteiger partial charge on any atom is 0.226 e. The van der Waals surface area contributed by atoms with Crippen molar-refractivity contribution in [2.75, 3.05) is 20.2 Å². The van der Waals surface area contributed by atoms with Crippen LogP contribution >= 0.6 is 0 Å². The molecule has 1 saturated heterocycles. The first-order valence-corrected chi connectivity index (χ1v) is 10.0. The topological polar surface area (TPSA) is 56.3 Å². The van der Waals surface area contributed by atoms with Crippen LogP contribution < -0.4 is 4.74 Å². The summed E-state index contributed by atoms with van der Waals surface area (Å²) in [6.07, 6.45) is 6.22. The Bertz CT molecular complexity index is 1110. The fourth-order valence-corrected chi connectivity index (χ4v) is 3.92. The summed E-state index contributed by atoms with van der Waals surface area (Å²) in [6, 6.07) is 14.3. The van der Waals surface area contributed by atoms with Gasteiger partial charge in [0, 0.05) is 24.7 Å². The molecule has 1 aliphatic rings. The van der Waals surface area contributed by atoms with Crippen molar-refractivity contribution in [2.45, 2.75) is 25.9 Å². The van der Waals surface area contributed by atoms with Crippen molar-refractivity contribution in [2.24, 2.45) is 0 Å². The van der Waals surface area contributed by atoms with E-state index in [9.17, 15) is 0 Å². The van der Waals surface area contributed by atoms with Crippen LogP contribution in [0.5, 0.6) is 5.75 Å². The van der Waals surface area contributed by atoms with Gasteiger partial charge in [0.1, 0.15) is 12.0 Å². The van der Waals surface area contributed by atoms with E-state index < -0.39 is 0 Å². The first-order valence-electron chi connectivity index (χ1n) is 10.0. The zero-order chi connectivity index (χ0) is 19.6. The van der Waals surface area contributed by atoms with Crippen molar-refractivity contribution in [1.82, 2.24) is 19.4 Å². The first-order chi connectivity index (χ1) is 14.3. The number of hydrogen-bond donors (Lipinski definition) is 0. The second kappa shape index (κ2) is 7.72. The predicted molar refractivity (Wildman–Crippen MR) is 112 cm³/mol. The summed E-state index contributed by atoms with van der Waals surface area (Å²) in [6.45, 7) is 3.94. The average Bonchev–Trinajstić information content (AvgIpc) is 3.51. The largest absolute Gasteiger partial charge is 0.497 e. The molecule has 0 unspecified atom stereocenters. The number of likely N-dealkylation sites (tertiary alicyclic amines) is 1. The highest BCUT2D eigenvalue weighted by atomic mass is 16.5. The number of nitrogens with zero attached hydrogens (tertiary/aromatic N) is 4. The Morgan fingerprint density at radius 3 is 2.66 bits per heavy atom. The third-order valence-corrected chi connectivity index (χ3v) is 5.52. The van der Waals surface area contributed by atoms with Crippen LogP contribution in [-0.4, -0.2) is 39.6 Å². The molecule has 3 heterocycles. The molecular formula is C23H24N4O2. The van der Waals surface area contributed by atoms with E-state index in [-0.39, 0.29) is 0 Å². The summed E-state index contributed by atoms with van der Waals surface area (Å²) < 4.78 is 13.2. The lowest BCUT2D eigenvalue weighted by molar-refractivity contribution is 0.327. The minimum Gasteiger partial charge on any atom is -0.497 e. The van der Waals surface area contributed by atoms with Crippen LogP contribution in [-0.2, 0) is 13.1 Å². The molecule has 2 aromatic heterocycles. The van der Waals surface area contributed by atoms with Gasteiger partial charge in [0.05, 0.1) is 30.2 Å². The van der Waals surface area contributed by atoms with Crippen LogP contribution in [0.15, 0.2) is 59.5 Å². The number of rotatable bonds is 6. The predicted octanol–water partition coefficient (Wildman–Crippen LogP) is 4.34. The van der Waals surface area contributed by atoms with E-state index in [2.05, 4.69) is 43.7 Å². The van der Waals surface area contributed by atoms with Gasteiger partial charge in [0.2, 0.25) is 5.89 Å². The standard InChI is InChI=1S/C23H24N4O2/c1-28-20-8-9-21-22(12-20)27(16-24-21)13-17-4-6-18(7-5-17)23-25-19(15-29-23)14-26-10-2-3-11-26/h4-9,12,15-16H,2-3,10-11,13-14H2,1H3. The summed E-state index contributed by atoms with van der Waals surface area (Å²) >= 11 is 0. The molecule has 2 aromatic carbocycles. The van der Waals surface area contributed by atoms with Crippen LogP contribution in [0, 0.1) is 0 Å². The molecule has 0 saturated carbocycles. The lowest BCUT2D eigenvalue weighted by atomic mass is 10.1. The number of imidazole rings is 1. The second-order valence-electron chi connectivity index (χ2n) is 7.55. The van der Waals surface area contributed by atoms with E-state index >= 15 is 0 Å². The average molecular weight is 388 g/mol. The van der Waals surface area contributed by atoms with Crippen molar-refractivity contribution in [3.05, 3.63) is 66.3 Å². The molecule has 29 heavy (non-hydrogen) atoms. The van der Waals surface area contributed by atoms with Crippen LogP contribution in [0.2, 0.25) is 0 Å². The van der Waals surface area contributed by atoms with Gasteiger partial charge in [-0.3, -0.25) is 4.90 Å². The van der Waals surface area contributed by atoms with Gasteiger partial charge < -0.3 is 13.7 Å². The van der Waals surface area contributed by atoms with Crippen molar-refractivity contribution in [3.63, 3.8) is 0 Å². The van der Waals surface area contributed by atoms with Gasteiger partial charge in [-0.05, 0) is 55.8 Å². The molecule has 0 N–H and O–H groups in total. The zero-order valence-corrected chi connectivity index (χ0v) is 16.5. The smallest absolute Gasteiger partial charge is 0.226 e. The summed E-state index contributed by atoms with van der Waals surface area (Å²) in [7, 11) is 1.68. The fraction of sp³-hybridized carbons (Fsp3) is 0.304. The number of benzene rings is 2. The lowest BCUT2D eigenvalue weighted by Crippen LogP contribution is -2.18. The van der Waals surface area contributed by atoms with E-state index in [4.69, 9.17) is 9.15 Å². The summed E-state index contributed by atoms with van der Waals surface area (Å²) in [5, 5.41) is 0. The molecule has 6 heteroatoms. The maximum absolute atomic E-state index is 5.72. The van der Waals surface area contributed by atoms with Gasteiger partial charge in [-0.2, -0.15) is 0 Å². The van der Waals surface area contributed by atoms with Gasteiger partial charge in [-0.1, -0.05) is 12.1 Å². The molecule has 0 radical (unpaired) electrons. The van der Waals surface area contributed by atoms with Crippen LogP contribution in [0.25, 0.3) is 22.5 Å². The van der Waals surface area contributed by atoms with E-state index in [1.54, 1.807) is 13.4 Å². The first kappa shape index (κ1) is 17.9. The van der Waals surface area contributed by atoms with E-state index in [0.717, 1.165) is 54.2 Å². The van der Waals surface area contributed by atoms with E-state index in [1.165, 1.54) is 18.4 Å². The Labute approximate surface area is 169 Å². The molecule has 5 rings (SSSR count). The van der Waals surface area contributed by atoms with E-state index in [1.807, 2.05) is 24.5 Å². The van der Waals surface area contributed by atoms with Crippen LogP contribution in [0.3, 0.4) is 0 Å². The third-order valence-electron chi connectivity index (χ3n) is 5.52. The van der Waals surface area contributed by atoms with Crippen molar-refractivity contribution in [1.29, 1.82) is 0 Å². The molecule has 0 atom stereocenters. The summed E-state index contributed by atoms with van der Waals surface area (Å²) in [5.41, 5.74) is 5.23. The lowest BCUT2D eigenvalue weighted by Gasteiger charge is -2.11. The van der Waals surface area contributed by atoms with Gasteiger partial charge in [-0.15, -0.1) is 0 Å². The normalized spacial score (nSPS) is 14.7. The monoisotopic (exact) mass is 388 g/mol. The molecule has 1 aliphatic heterocycles. The number of ether oxygens (including phenoxy) is 1. The maximum atomic E-state index is 5.72. The molecule has 0 spiro atoms. The molecule has 148 valence electrons. The Kier molecular flexibility index (Phi) is 4.77. The molecule has 0 amide bonds. The van der Waals surface area contributed by atoms with Gasteiger partial charge in [0.15, 0.2) is 0 Å². The highest BCUT2D eigenvalue weighted by molar-refractivity contribution is 5.77. The van der Waals surface area contributed by atoms with E-state index in [0.29, 0.717) is 5.89 Å². The Balaban J connectivity index is 1.31. The highest BCUT2D eigenvalue weighted by Gasteiger charge is 2.15.